The van der Waals surface area contributed by atoms with Gasteiger partial charge in [0.15, 0.2) is 0 Å². The maximum Gasteiger partial charge on any atom is 0.416 e. The number of carboxylic acid groups (broad SMARTS) is 1. The van der Waals surface area contributed by atoms with Gasteiger partial charge in [0.05, 0.1) is 5.56 Å². The van der Waals surface area contributed by atoms with Crippen molar-refractivity contribution < 1.29 is 27.3 Å². The highest BCUT2D eigenvalue weighted by Crippen LogP contribution is 2.29. The largest absolute Gasteiger partial charge is 0.480 e. The monoisotopic (exact) mass is 308 g/mol. The summed E-state index contributed by atoms with van der Waals surface area (Å²) in [4.78, 5) is 11.0. The van der Waals surface area contributed by atoms with Crippen molar-refractivity contribution in [2.75, 3.05) is 0 Å². The van der Waals surface area contributed by atoms with E-state index in [1.165, 1.54) is 12.1 Å². The molecular weight excluding hydrogens is 293 g/mol. The van der Waals surface area contributed by atoms with Crippen molar-refractivity contribution in [1.82, 2.24) is 0 Å². The van der Waals surface area contributed by atoms with Crippen LogP contribution < -0.4 is 0 Å². The Morgan fingerprint density at radius 2 is 1.75 bits per heavy atom. The van der Waals surface area contributed by atoms with Gasteiger partial charge in [-0.2, -0.15) is 13.2 Å². The lowest BCUT2D eigenvalue weighted by Crippen LogP contribution is -2.31. The van der Waals surface area contributed by atoms with Crippen LogP contribution in [0, 0.1) is 5.92 Å². The number of carboxylic acids is 1. The molecule has 0 aliphatic heterocycles. The lowest BCUT2D eigenvalue weighted by molar-refractivity contribution is -0.138. The second-order valence-electron chi connectivity index (χ2n) is 4.72. The summed E-state index contributed by atoms with van der Waals surface area (Å²) in [5.41, 5.74) is -0.367. The van der Waals surface area contributed by atoms with Crippen LogP contribution in [0.3, 0.4) is 0 Å². The Morgan fingerprint density at radius 3 is 2.10 bits per heavy atom. The van der Waals surface area contributed by atoms with Gasteiger partial charge in [0, 0.05) is 16.6 Å². The minimum atomic E-state index is -4.42. The minimum Gasteiger partial charge on any atom is -0.480 e. The minimum absolute atomic E-state index is 0.0761. The average molecular weight is 308 g/mol. The normalized spacial score (nSPS) is 15.1. The van der Waals surface area contributed by atoms with Gasteiger partial charge in [-0.25, -0.2) is 0 Å². The van der Waals surface area contributed by atoms with E-state index in [1.807, 2.05) is 0 Å². The highest BCUT2D eigenvalue weighted by atomic mass is 32.2. The van der Waals surface area contributed by atoms with Crippen LogP contribution in [-0.4, -0.2) is 20.5 Å². The van der Waals surface area contributed by atoms with Gasteiger partial charge in [-0.3, -0.25) is 9.00 Å². The number of alkyl halides is 3. The molecule has 112 valence electrons. The van der Waals surface area contributed by atoms with Gasteiger partial charge in [-0.15, -0.1) is 0 Å². The summed E-state index contributed by atoms with van der Waals surface area (Å²) in [6, 6.07) is 4.25. The van der Waals surface area contributed by atoms with Gasteiger partial charge in [-0.1, -0.05) is 26.0 Å². The van der Waals surface area contributed by atoms with Crippen LogP contribution in [0.15, 0.2) is 24.3 Å². The second-order valence-corrected chi connectivity index (χ2v) is 6.28. The summed E-state index contributed by atoms with van der Waals surface area (Å²) >= 11 is 0. The topological polar surface area (TPSA) is 54.4 Å². The number of hydrogen-bond acceptors (Lipinski definition) is 2. The summed E-state index contributed by atoms with van der Waals surface area (Å²) in [5, 5.41) is 7.97. The Hall–Kier alpha value is -1.37. The molecule has 0 aromatic heterocycles. The predicted octanol–water partition coefficient (Wildman–Crippen LogP) is 3.06. The van der Waals surface area contributed by atoms with Gasteiger partial charge >= 0.3 is 12.1 Å². The van der Waals surface area contributed by atoms with E-state index in [0.29, 0.717) is 5.56 Å². The quantitative estimate of drug-likeness (QED) is 0.909. The van der Waals surface area contributed by atoms with Gasteiger partial charge in [0.25, 0.3) is 0 Å². The van der Waals surface area contributed by atoms with Crippen molar-refractivity contribution in [3.8, 4) is 0 Å². The zero-order valence-electron chi connectivity index (χ0n) is 11.0. The SMILES string of the molecule is CC(C)[C@@H](C(=O)O)[S@](=O)Cc1ccc(C(F)(F)F)cc1. The molecular formula is C13H15F3O3S. The predicted molar refractivity (Wildman–Crippen MR) is 69.6 cm³/mol. The molecule has 0 bridgehead atoms. The molecule has 0 saturated carbocycles. The molecule has 0 saturated heterocycles. The second kappa shape index (κ2) is 6.39. The molecule has 3 nitrogen and oxygen atoms in total. The molecule has 20 heavy (non-hydrogen) atoms. The first-order valence-electron chi connectivity index (χ1n) is 5.89. The third-order valence-electron chi connectivity index (χ3n) is 2.72. The third kappa shape index (κ3) is 4.33. The van der Waals surface area contributed by atoms with E-state index in [4.69, 9.17) is 5.11 Å². The fourth-order valence-corrected chi connectivity index (χ4v) is 3.28. The first-order valence-corrected chi connectivity index (χ1v) is 7.27. The number of rotatable bonds is 5. The Kier molecular flexibility index (Phi) is 5.33. The highest BCUT2D eigenvalue weighted by molar-refractivity contribution is 7.85. The average Bonchev–Trinajstić information content (AvgIpc) is 2.26. The maximum absolute atomic E-state index is 12.4. The first kappa shape index (κ1) is 16.7. The Morgan fingerprint density at radius 1 is 1.25 bits per heavy atom. The van der Waals surface area contributed by atoms with Crippen LogP contribution in [0.1, 0.15) is 25.0 Å². The smallest absolute Gasteiger partial charge is 0.416 e. The molecule has 0 heterocycles. The summed E-state index contributed by atoms with van der Waals surface area (Å²) in [6.45, 7) is 3.28. The standard InChI is InChI=1S/C13H15F3O3S/c1-8(2)11(12(17)18)20(19)7-9-3-5-10(6-4-9)13(14,15)16/h3-6,8,11H,7H2,1-2H3,(H,17,18)/t11-,20+/m0/s1. The number of carbonyl (C=O) groups is 1. The van der Waals surface area contributed by atoms with Gasteiger partial charge in [0.2, 0.25) is 0 Å². The molecule has 0 amide bonds. The molecule has 1 aromatic carbocycles. The van der Waals surface area contributed by atoms with Gasteiger partial charge in [-0.05, 0) is 23.6 Å². The number of aliphatic carboxylic acids is 1. The summed E-state index contributed by atoms with van der Waals surface area (Å²) in [7, 11) is -1.68. The lowest BCUT2D eigenvalue weighted by atomic mass is 10.1. The zero-order chi connectivity index (χ0) is 15.5. The van der Waals surface area contributed by atoms with Gasteiger partial charge in [0.1, 0.15) is 5.25 Å². The van der Waals surface area contributed by atoms with E-state index in [1.54, 1.807) is 13.8 Å². The summed E-state index contributed by atoms with van der Waals surface area (Å²) < 4.78 is 49.1. The van der Waals surface area contributed by atoms with E-state index in [-0.39, 0.29) is 11.7 Å². The van der Waals surface area contributed by atoms with E-state index >= 15 is 0 Å². The number of halogens is 3. The maximum atomic E-state index is 12.4. The van der Waals surface area contributed by atoms with Crippen molar-refractivity contribution in [2.45, 2.75) is 31.0 Å². The molecule has 0 unspecified atom stereocenters. The Balaban J connectivity index is 2.83. The van der Waals surface area contributed by atoms with E-state index in [2.05, 4.69) is 0 Å². The lowest BCUT2D eigenvalue weighted by Gasteiger charge is -2.16. The zero-order valence-corrected chi connectivity index (χ0v) is 11.8. The summed E-state index contributed by atoms with van der Waals surface area (Å²) in [6.07, 6.45) is -4.42. The van der Waals surface area contributed by atoms with Crippen molar-refractivity contribution in [3.05, 3.63) is 35.4 Å². The van der Waals surface area contributed by atoms with Crippen molar-refractivity contribution in [1.29, 1.82) is 0 Å². The molecule has 1 aromatic rings. The van der Waals surface area contributed by atoms with Crippen molar-refractivity contribution in [2.24, 2.45) is 5.92 Å². The summed E-state index contributed by atoms with van der Waals surface area (Å²) in [5.74, 6) is -1.55. The molecule has 0 spiro atoms. The molecule has 7 heteroatoms. The molecule has 1 rings (SSSR count). The van der Waals surface area contributed by atoms with Crippen LogP contribution in [0.5, 0.6) is 0 Å². The van der Waals surface area contributed by atoms with Crippen LogP contribution in [-0.2, 0) is 27.5 Å². The van der Waals surface area contributed by atoms with E-state index in [0.717, 1.165) is 12.1 Å². The van der Waals surface area contributed by atoms with Crippen LogP contribution >= 0.6 is 0 Å². The third-order valence-corrected chi connectivity index (χ3v) is 4.65. The molecule has 0 aliphatic rings. The Labute approximate surface area is 117 Å². The molecule has 0 fully saturated rings. The molecule has 2 atom stereocenters. The Bertz CT molecular complexity index is 495. The van der Waals surface area contributed by atoms with E-state index < -0.39 is 33.8 Å². The fourth-order valence-electron chi connectivity index (χ4n) is 1.75. The van der Waals surface area contributed by atoms with Crippen molar-refractivity contribution in [3.63, 3.8) is 0 Å². The molecule has 0 aliphatic carbocycles. The molecule has 0 radical (unpaired) electrons. The first-order chi connectivity index (χ1) is 9.12. The van der Waals surface area contributed by atoms with Gasteiger partial charge < -0.3 is 5.11 Å². The van der Waals surface area contributed by atoms with E-state index in [9.17, 15) is 22.2 Å². The fraction of sp³-hybridized carbons (Fsp3) is 0.462. The van der Waals surface area contributed by atoms with Crippen LogP contribution in [0.25, 0.3) is 0 Å². The van der Waals surface area contributed by atoms with Crippen molar-refractivity contribution >= 4 is 16.8 Å². The molecule has 1 N–H and O–H groups in total. The van der Waals surface area contributed by atoms with Crippen LogP contribution in [0.4, 0.5) is 13.2 Å². The van der Waals surface area contributed by atoms with Crippen LogP contribution in [0.2, 0.25) is 0 Å². The number of hydrogen-bond donors (Lipinski definition) is 1. The number of benzene rings is 1. The highest BCUT2D eigenvalue weighted by Gasteiger charge is 2.31.